The summed E-state index contributed by atoms with van der Waals surface area (Å²) in [7, 11) is 0. The molecule has 1 saturated carbocycles. The molecule has 3 aromatic rings. The molecule has 1 aliphatic carbocycles. The van der Waals surface area contributed by atoms with E-state index in [-0.39, 0.29) is 23.3 Å². The van der Waals surface area contributed by atoms with Crippen LogP contribution in [0.5, 0.6) is 11.5 Å². The van der Waals surface area contributed by atoms with E-state index in [9.17, 15) is 35.1 Å². The van der Waals surface area contributed by atoms with E-state index in [0.29, 0.717) is 54.7 Å². The van der Waals surface area contributed by atoms with Crippen LogP contribution in [0, 0.1) is 35.1 Å². The van der Waals surface area contributed by atoms with Crippen LogP contribution in [0.4, 0.5) is 39.5 Å². The summed E-state index contributed by atoms with van der Waals surface area (Å²) in [6.45, 7) is 0.574. The Hall–Kier alpha value is -3.41. The third-order valence-corrected chi connectivity index (χ3v) is 7.51. The second-order valence-electron chi connectivity index (χ2n) is 10.2. The van der Waals surface area contributed by atoms with Crippen molar-refractivity contribution in [3.05, 3.63) is 82.9 Å². The highest BCUT2D eigenvalue weighted by Gasteiger charge is 2.42. The smallest absolute Gasteiger partial charge is 0.429 e. The SMILES string of the molecule is Fc1cc(OC(F)(F)c2c(F)cc(-c3ccc(C4CCC(C5CCC5)CO4)cc3F)cc2F)ccc1OC(F)(F)F. The molecule has 41 heavy (non-hydrogen) atoms. The summed E-state index contributed by atoms with van der Waals surface area (Å²) in [4.78, 5) is 0. The molecule has 2 fully saturated rings. The average molecular weight is 590 g/mol. The van der Waals surface area contributed by atoms with Gasteiger partial charge < -0.3 is 14.2 Å². The first-order valence-corrected chi connectivity index (χ1v) is 12.8. The zero-order chi connectivity index (χ0) is 29.5. The first-order valence-electron chi connectivity index (χ1n) is 12.8. The van der Waals surface area contributed by atoms with E-state index in [2.05, 4.69) is 9.47 Å². The lowest BCUT2D eigenvalue weighted by molar-refractivity contribution is -0.275. The number of hydrogen-bond acceptors (Lipinski definition) is 3. The third kappa shape index (κ3) is 6.42. The topological polar surface area (TPSA) is 27.7 Å². The first-order chi connectivity index (χ1) is 19.3. The second-order valence-corrected chi connectivity index (χ2v) is 10.2. The van der Waals surface area contributed by atoms with Crippen molar-refractivity contribution in [2.45, 2.75) is 50.7 Å². The number of ether oxygens (including phenoxy) is 3. The number of benzene rings is 3. The van der Waals surface area contributed by atoms with Gasteiger partial charge in [-0.25, -0.2) is 17.6 Å². The van der Waals surface area contributed by atoms with Gasteiger partial charge >= 0.3 is 12.5 Å². The van der Waals surface area contributed by atoms with Gasteiger partial charge in [-0.2, -0.15) is 8.78 Å². The number of rotatable bonds is 7. The molecule has 0 bridgehead atoms. The highest BCUT2D eigenvalue weighted by Crippen LogP contribution is 2.42. The molecule has 3 aromatic carbocycles. The van der Waals surface area contributed by atoms with Gasteiger partial charge in [0.2, 0.25) is 0 Å². The lowest BCUT2D eigenvalue weighted by Crippen LogP contribution is -2.30. The molecule has 0 radical (unpaired) electrons. The van der Waals surface area contributed by atoms with Crippen molar-refractivity contribution in [1.29, 1.82) is 0 Å². The largest absolute Gasteiger partial charge is 0.573 e. The zero-order valence-corrected chi connectivity index (χ0v) is 21.2. The van der Waals surface area contributed by atoms with E-state index in [4.69, 9.17) is 4.74 Å². The molecule has 0 amide bonds. The molecule has 1 heterocycles. The van der Waals surface area contributed by atoms with Gasteiger partial charge in [-0.15, -0.1) is 13.2 Å². The minimum absolute atomic E-state index is 0.139. The van der Waals surface area contributed by atoms with Crippen molar-refractivity contribution in [2.24, 2.45) is 11.8 Å². The van der Waals surface area contributed by atoms with Crippen LogP contribution < -0.4 is 9.47 Å². The van der Waals surface area contributed by atoms with Gasteiger partial charge in [0.15, 0.2) is 11.6 Å². The predicted octanol–water partition coefficient (Wildman–Crippen LogP) is 9.20. The molecule has 220 valence electrons. The van der Waals surface area contributed by atoms with Crippen LogP contribution >= 0.6 is 0 Å². The average Bonchev–Trinajstić information content (AvgIpc) is 2.83. The minimum atomic E-state index is -5.25. The third-order valence-electron chi connectivity index (χ3n) is 7.51. The Morgan fingerprint density at radius 3 is 1.93 bits per heavy atom. The van der Waals surface area contributed by atoms with E-state index < -0.39 is 52.8 Å². The molecule has 5 rings (SSSR count). The monoisotopic (exact) mass is 590 g/mol. The quantitative estimate of drug-likeness (QED) is 0.257. The highest BCUT2D eigenvalue weighted by atomic mass is 19.4. The molecule has 12 heteroatoms. The van der Waals surface area contributed by atoms with Gasteiger partial charge in [0.05, 0.1) is 12.7 Å². The fourth-order valence-electron chi connectivity index (χ4n) is 5.24. The maximum atomic E-state index is 15.0. The fraction of sp³-hybridized carbons (Fsp3) is 0.379. The molecular formula is C29H23F9O3. The van der Waals surface area contributed by atoms with Gasteiger partial charge in [0.1, 0.15) is 28.8 Å². The van der Waals surface area contributed by atoms with Gasteiger partial charge in [-0.1, -0.05) is 31.4 Å². The highest BCUT2D eigenvalue weighted by molar-refractivity contribution is 5.65. The van der Waals surface area contributed by atoms with Crippen molar-refractivity contribution in [3.63, 3.8) is 0 Å². The molecule has 0 N–H and O–H groups in total. The number of halogens is 9. The Morgan fingerprint density at radius 2 is 1.39 bits per heavy atom. The Morgan fingerprint density at radius 1 is 0.683 bits per heavy atom. The van der Waals surface area contributed by atoms with Crippen molar-refractivity contribution in [3.8, 4) is 22.6 Å². The van der Waals surface area contributed by atoms with E-state index in [0.717, 1.165) is 6.42 Å². The normalized spacial score (nSPS) is 20.0. The molecule has 2 aliphatic rings. The summed E-state index contributed by atoms with van der Waals surface area (Å²) in [5, 5.41) is 0. The van der Waals surface area contributed by atoms with Crippen LogP contribution in [-0.2, 0) is 10.8 Å². The van der Waals surface area contributed by atoms with Crippen LogP contribution in [0.3, 0.4) is 0 Å². The predicted molar refractivity (Wildman–Crippen MR) is 128 cm³/mol. The molecule has 1 saturated heterocycles. The molecule has 2 unspecified atom stereocenters. The van der Waals surface area contributed by atoms with Crippen LogP contribution in [0.25, 0.3) is 11.1 Å². The maximum absolute atomic E-state index is 15.0. The molecule has 0 aromatic heterocycles. The summed E-state index contributed by atoms with van der Waals surface area (Å²) in [5.41, 5.74) is -1.91. The van der Waals surface area contributed by atoms with E-state index in [1.54, 1.807) is 6.07 Å². The number of alkyl halides is 5. The van der Waals surface area contributed by atoms with Gasteiger partial charge in [-0.3, -0.25) is 0 Å². The lowest BCUT2D eigenvalue weighted by atomic mass is 9.73. The van der Waals surface area contributed by atoms with E-state index in [1.807, 2.05) is 0 Å². The van der Waals surface area contributed by atoms with E-state index >= 15 is 4.39 Å². The molecule has 3 nitrogen and oxygen atoms in total. The summed E-state index contributed by atoms with van der Waals surface area (Å²) in [6, 6.07) is 6.01. The maximum Gasteiger partial charge on any atom is 0.573 e. The van der Waals surface area contributed by atoms with Crippen LogP contribution in [0.15, 0.2) is 48.5 Å². The standard InChI is InChI=1S/C29H23F9O3/c30-21-10-16(25-8-5-17(14-39-25)15-2-1-3-15)4-7-20(21)18-11-23(32)27(24(33)12-18)28(34,35)40-19-6-9-26(22(31)13-19)41-29(36,37)38/h4,6-7,9-13,15,17,25H,1-3,5,8,14H2. The van der Waals surface area contributed by atoms with Crippen molar-refractivity contribution >= 4 is 0 Å². The van der Waals surface area contributed by atoms with Gasteiger partial charge in [0.25, 0.3) is 0 Å². The van der Waals surface area contributed by atoms with Gasteiger partial charge in [0, 0.05) is 11.6 Å². The van der Waals surface area contributed by atoms with E-state index in [1.165, 1.54) is 31.4 Å². The summed E-state index contributed by atoms with van der Waals surface area (Å²) in [6.07, 6.45) is -5.04. The molecule has 2 atom stereocenters. The van der Waals surface area contributed by atoms with Crippen molar-refractivity contribution < 1.29 is 53.7 Å². The van der Waals surface area contributed by atoms with Crippen LogP contribution in [0.2, 0.25) is 0 Å². The molecule has 0 spiro atoms. The van der Waals surface area contributed by atoms with Crippen molar-refractivity contribution in [1.82, 2.24) is 0 Å². The molecule has 1 aliphatic heterocycles. The Bertz CT molecular complexity index is 1390. The Kier molecular flexibility index (Phi) is 7.88. The summed E-state index contributed by atoms with van der Waals surface area (Å²) >= 11 is 0. The van der Waals surface area contributed by atoms with Crippen LogP contribution in [0.1, 0.15) is 49.3 Å². The Balaban J connectivity index is 1.32. The molecular weight excluding hydrogens is 567 g/mol. The summed E-state index contributed by atoms with van der Waals surface area (Å²) in [5.74, 6) is -7.32. The van der Waals surface area contributed by atoms with Crippen LogP contribution in [-0.4, -0.2) is 13.0 Å². The second kappa shape index (κ2) is 11.1. The van der Waals surface area contributed by atoms with Gasteiger partial charge in [-0.05, 0) is 66.1 Å². The minimum Gasteiger partial charge on any atom is -0.429 e. The number of hydrogen-bond donors (Lipinski definition) is 0. The fourth-order valence-corrected chi connectivity index (χ4v) is 5.24. The van der Waals surface area contributed by atoms with Crippen molar-refractivity contribution in [2.75, 3.05) is 6.61 Å². The first kappa shape index (κ1) is 29.1. The Labute approximate surface area is 228 Å². The summed E-state index contributed by atoms with van der Waals surface area (Å²) < 4.78 is 138. The zero-order valence-electron chi connectivity index (χ0n) is 21.2. The lowest BCUT2D eigenvalue weighted by Gasteiger charge is -2.38.